The van der Waals surface area contributed by atoms with Crippen LogP contribution in [0.2, 0.25) is 0 Å². The number of nitrogens with zero attached hydrogens (tertiary/aromatic N) is 2. The Balaban J connectivity index is 1.69. The first kappa shape index (κ1) is 16.2. The number of nitro benzene ring substituents is 1. The second kappa shape index (κ2) is 7.22. The molecular weight excluding hydrogens is 286 g/mol. The number of hydrogen-bond acceptors (Lipinski definition) is 5. The van der Waals surface area contributed by atoms with Gasteiger partial charge in [-0.2, -0.15) is 0 Å². The molecular formula is C15H21N3O4. The van der Waals surface area contributed by atoms with Crippen LogP contribution in [0.25, 0.3) is 0 Å². The molecule has 0 heterocycles. The van der Waals surface area contributed by atoms with Crippen LogP contribution < -0.4 is 10.1 Å². The average Bonchev–Trinajstić information content (AvgIpc) is 3.35. The van der Waals surface area contributed by atoms with Crippen LogP contribution in [-0.2, 0) is 4.79 Å². The molecule has 0 bridgehead atoms. The highest BCUT2D eigenvalue weighted by molar-refractivity contribution is 5.77. The number of benzene rings is 1. The zero-order chi connectivity index (χ0) is 16.1. The lowest BCUT2D eigenvalue weighted by molar-refractivity contribution is -0.384. The van der Waals surface area contributed by atoms with Crippen molar-refractivity contribution in [3.05, 3.63) is 34.4 Å². The van der Waals surface area contributed by atoms with Crippen LogP contribution in [0.5, 0.6) is 5.75 Å². The minimum atomic E-state index is -0.478. The summed E-state index contributed by atoms with van der Waals surface area (Å²) in [6.07, 6.45) is 2.47. The largest absolute Gasteiger partial charge is 0.484 e. The van der Waals surface area contributed by atoms with Crippen molar-refractivity contribution in [1.29, 1.82) is 0 Å². The number of carbonyl (C=O) groups is 1. The van der Waals surface area contributed by atoms with Gasteiger partial charge in [0.05, 0.1) is 4.92 Å². The highest BCUT2D eigenvalue weighted by Crippen LogP contribution is 2.26. The van der Waals surface area contributed by atoms with Gasteiger partial charge in [-0.25, -0.2) is 0 Å². The monoisotopic (exact) mass is 307 g/mol. The molecule has 1 fully saturated rings. The summed E-state index contributed by atoms with van der Waals surface area (Å²) in [5.41, 5.74) is -0.00580. The molecule has 0 aromatic heterocycles. The third-order valence-electron chi connectivity index (χ3n) is 3.83. The second-order valence-corrected chi connectivity index (χ2v) is 5.59. The van der Waals surface area contributed by atoms with Crippen molar-refractivity contribution in [3.63, 3.8) is 0 Å². The topological polar surface area (TPSA) is 84.7 Å². The van der Waals surface area contributed by atoms with E-state index in [9.17, 15) is 14.9 Å². The molecule has 7 heteroatoms. The van der Waals surface area contributed by atoms with Crippen LogP contribution in [0.3, 0.4) is 0 Å². The summed E-state index contributed by atoms with van der Waals surface area (Å²) in [4.78, 5) is 24.1. The fourth-order valence-corrected chi connectivity index (χ4v) is 2.11. The first-order chi connectivity index (χ1) is 10.5. The minimum absolute atomic E-state index is 0.00580. The number of rotatable bonds is 8. The van der Waals surface area contributed by atoms with Gasteiger partial charge in [-0.1, -0.05) is 0 Å². The molecule has 0 spiro atoms. The van der Waals surface area contributed by atoms with E-state index in [4.69, 9.17) is 4.74 Å². The molecule has 1 aromatic rings. The number of hydrogen-bond donors (Lipinski definition) is 1. The van der Waals surface area contributed by atoms with Crippen molar-refractivity contribution in [2.24, 2.45) is 0 Å². The van der Waals surface area contributed by atoms with Crippen LogP contribution in [-0.4, -0.2) is 48.0 Å². The fourth-order valence-electron chi connectivity index (χ4n) is 2.11. The molecule has 1 atom stereocenters. The summed E-state index contributed by atoms with van der Waals surface area (Å²) in [6, 6.07) is 6.60. The zero-order valence-electron chi connectivity index (χ0n) is 12.8. The van der Waals surface area contributed by atoms with Crippen LogP contribution in [0.15, 0.2) is 24.3 Å². The summed E-state index contributed by atoms with van der Waals surface area (Å²) in [5, 5.41) is 13.4. The lowest BCUT2D eigenvalue weighted by Gasteiger charge is -2.24. The van der Waals surface area contributed by atoms with Crippen molar-refractivity contribution >= 4 is 11.6 Å². The standard InChI is InChI=1S/C15H21N3O4/c1-11(17(2)12-3-4-12)9-16-15(19)10-22-14-7-5-13(6-8-14)18(20)21/h5-8,11-12H,3-4,9-10H2,1-2H3,(H,16,19). The number of ether oxygens (including phenoxy) is 1. The SMILES string of the molecule is CC(CNC(=O)COc1ccc([N+](=O)[O-])cc1)N(C)C1CC1. The Bertz CT molecular complexity index is 528. The number of likely N-dealkylation sites (N-methyl/N-ethyl adjacent to an activating group) is 1. The molecule has 1 aliphatic carbocycles. The molecule has 1 aromatic carbocycles. The summed E-state index contributed by atoms with van der Waals surface area (Å²) in [6.45, 7) is 2.56. The van der Waals surface area contributed by atoms with Gasteiger partial charge >= 0.3 is 0 Å². The maximum absolute atomic E-state index is 11.7. The molecule has 22 heavy (non-hydrogen) atoms. The summed E-state index contributed by atoms with van der Waals surface area (Å²) in [5.74, 6) is 0.235. The van der Waals surface area contributed by atoms with Crippen LogP contribution in [0.4, 0.5) is 5.69 Å². The van der Waals surface area contributed by atoms with E-state index in [1.54, 1.807) is 0 Å². The summed E-state index contributed by atoms with van der Waals surface area (Å²) < 4.78 is 5.31. The number of carbonyl (C=O) groups excluding carboxylic acids is 1. The minimum Gasteiger partial charge on any atom is -0.484 e. The Hall–Kier alpha value is -2.15. The number of non-ortho nitro benzene ring substituents is 1. The van der Waals surface area contributed by atoms with E-state index >= 15 is 0 Å². The molecule has 1 aliphatic rings. The molecule has 1 amide bonds. The molecule has 0 saturated heterocycles. The highest BCUT2D eigenvalue weighted by Gasteiger charge is 2.29. The smallest absolute Gasteiger partial charge is 0.269 e. The maximum Gasteiger partial charge on any atom is 0.269 e. The van der Waals surface area contributed by atoms with Crippen molar-refractivity contribution in [1.82, 2.24) is 10.2 Å². The highest BCUT2D eigenvalue weighted by atomic mass is 16.6. The normalized spacial score (nSPS) is 15.4. The average molecular weight is 307 g/mol. The van der Waals surface area contributed by atoms with E-state index in [1.807, 2.05) is 0 Å². The lowest BCUT2D eigenvalue weighted by atomic mass is 10.3. The predicted molar refractivity (Wildman–Crippen MR) is 81.8 cm³/mol. The number of nitrogens with one attached hydrogen (secondary N) is 1. The Kier molecular flexibility index (Phi) is 5.32. The van der Waals surface area contributed by atoms with Gasteiger partial charge in [0.25, 0.3) is 11.6 Å². The van der Waals surface area contributed by atoms with Crippen molar-refractivity contribution < 1.29 is 14.5 Å². The first-order valence-electron chi connectivity index (χ1n) is 7.33. The predicted octanol–water partition coefficient (Wildman–Crippen LogP) is 1.57. The molecule has 1 unspecified atom stereocenters. The Labute approximate surface area is 129 Å². The maximum atomic E-state index is 11.7. The number of nitro groups is 1. The van der Waals surface area contributed by atoms with Gasteiger partial charge in [-0.15, -0.1) is 0 Å². The third-order valence-corrected chi connectivity index (χ3v) is 3.83. The Morgan fingerprint density at radius 2 is 2.09 bits per heavy atom. The second-order valence-electron chi connectivity index (χ2n) is 5.59. The van der Waals surface area contributed by atoms with E-state index in [2.05, 4.69) is 24.2 Å². The lowest BCUT2D eigenvalue weighted by Crippen LogP contribution is -2.42. The van der Waals surface area contributed by atoms with E-state index in [0.717, 1.165) is 0 Å². The van der Waals surface area contributed by atoms with Crippen molar-refractivity contribution in [2.75, 3.05) is 20.2 Å². The summed E-state index contributed by atoms with van der Waals surface area (Å²) in [7, 11) is 2.07. The van der Waals surface area contributed by atoms with E-state index in [0.29, 0.717) is 18.3 Å². The summed E-state index contributed by atoms with van der Waals surface area (Å²) >= 11 is 0. The molecule has 1 N–H and O–H groups in total. The quantitative estimate of drug-likeness (QED) is 0.582. The molecule has 1 saturated carbocycles. The van der Waals surface area contributed by atoms with E-state index in [-0.39, 0.29) is 24.2 Å². The molecule has 0 aliphatic heterocycles. The van der Waals surface area contributed by atoms with Gasteiger partial charge in [0.2, 0.25) is 0 Å². The van der Waals surface area contributed by atoms with Crippen LogP contribution in [0, 0.1) is 10.1 Å². The molecule has 2 rings (SSSR count). The van der Waals surface area contributed by atoms with Gasteiger partial charge in [-0.05, 0) is 38.9 Å². The van der Waals surface area contributed by atoms with Gasteiger partial charge < -0.3 is 10.1 Å². The van der Waals surface area contributed by atoms with Gasteiger partial charge in [0, 0.05) is 30.8 Å². The number of amides is 1. The van der Waals surface area contributed by atoms with E-state index in [1.165, 1.54) is 37.1 Å². The molecule has 0 radical (unpaired) electrons. The van der Waals surface area contributed by atoms with Gasteiger partial charge in [0.15, 0.2) is 6.61 Å². The molecule has 120 valence electrons. The van der Waals surface area contributed by atoms with Gasteiger partial charge in [-0.3, -0.25) is 19.8 Å². The molecule has 7 nitrogen and oxygen atoms in total. The first-order valence-corrected chi connectivity index (χ1v) is 7.33. The zero-order valence-corrected chi connectivity index (χ0v) is 12.8. The third kappa shape index (κ3) is 4.70. The van der Waals surface area contributed by atoms with Crippen molar-refractivity contribution in [2.45, 2.75) is 31.8 Å². The Morgan fingerprint density at radius 1 is 1.45 bits per heavy atom. The Morgan fingerprint density at radius 3 is 2.64 bits per heavy atom. The fraction of sp³-hybridized carbons (Fsp3) is 0.533. The van der Waals surface area contributed by atoms with Gasteiger partial charge in [0.1, 0.15) is 5.75 Å². The van der Waals surface area contributed by atoms with Crippen molar-refractivity contribution in [3.8, 4) is 5.75 Å². The van der Waals surface area contributed by atoms with Crippen LogP contribution in [0.1, 0.15) is 19.8 Å². The van der Waals surface area contributed by atoms with E-state index < -0.39 is 4.92 Å². The van der Waals surface area contributed by atoms with Crippen LogP contribution >= 0.6 is 0 Å².